The normalized spacial score (nSPS) is 12.3. The molecule has 2 aromatic rings. The van der Waals surface area contributed by atoms with Gasteiger partial charge in [-0.25, -0.2) is 4.98 Å². The van der Waals surface area contributed by atoms with Gasteiger partial charge in [-0.1, -0.05) is 0 Å². The number of benzene rings is 1. The van der Waals surface area contributed by atoms with Crippen molar-refractivity contribution >= 4 is 32.7 Å². The lowest BCUT2D eigenvalue weighted by molar-refractivity contribution is -0.138. The van der Waals surface area contributed by atoms with E-state index in [1.54, 1.807) is 4.57 Å². The first-order chi connectivity index (χ1) is 9.31. The zero-order chi connectivity index (χ0) is 15.1. The summed E-state index contributed by atoms with van der Waals surface area (Å²) in [4.78, 5) is 4.19. The molecule has 4 nitrogen and oxygen atoms in total. The van der Waals surface area contributed by atoms with Crippen LogP contribution in [0.15, 0.2) is 10.5 Å². The molecule has 20 heavy (non-hydrogen) atoms. The molecule has 110 valence electrons. The molecule has 1 heterocycles. The van der Waals surface area contributed by atoms with Gasteiger partial charge < -0.3 is 15.0 Å². The van der Waals surface area contributed by atoms with Crippen LogP contribution in [-0.2, 0) is 24.1 Å². The van der Waals surface area contributed by atoms with Gasteiger partial charge in [0.2, 0.25) is 0 Å². The van der Waals surface area contributed by atoms with Crippen LogP contribution in [0.25, 0.3) is 11.0 Å². The van der Waals surface area contributed by atoms with Gasteiger partial charge in [0, 0.05) is 13.7 Å². The third-order valence-corrected chi connectivity index (χ3v) is 3.83. The lowest BCUT2D eigenvalue weighted by Crippen LogP contribution is -2.09. The molecular weight excluding hydrogens is 339 g/mol. The summed E-state index contributed by atoms with van der Waals surface area (Å²) < 4.78 is 45.4. The molecular formula is C12H13BrF3N3O. The summed E-state index contributed by atoms with van der Waals surface area (Å²) in [7, 11) is 1.50. The van der Waals surface area contributed by atoms with E-state index in [2.05, 4.69) is 20.9 Å². The second kappa shape index (κ2) is 5.25. The van der Waals surface area contributed by atoms with E-state index in [4.69, 9.17) is 10.5 Å². The van der Waals surface area contributed by atoms with Crippen molar-refractivity contribution in [2.24, 2.45) is 0 Å². The summed E-state index contributed by atoms with van der Waals surface area (Å²) in [6.45, 7) is 2.61. The molecule has 2 N–H and O–H groups in total. The molecule has 0 saturated heterocycles. The number of aromatic nitrogens is 2. The number of methoxy groups -OCH3 is 1. The standard InChI is InChI=1S/C12H13BrF3N3O/c1-3-19-8(5-20-2)18-7-4-6(12(14,15)16)9(13)10(17)11(7)19/h4H,3,5,17H2,1-2H3. The number of imidazole rings is 1. The average molecular weight is 352 g/mol. The predicted molar refractivity (Wildman–Crippen MR) is 73.2 cm³/mol. The van der Waals surface area contributed by atoms with Crippen molar-refractivity contribution in [2.75, 3.05) is 12.8 Å². The number of fused-ring (bicyclic) bond motifs is 1. The molecule has 0 saturated carbocycles. The second-order valence-electron chi connectivity index (χ2n) is 4.22. The quantitative estimate of drug-likeness (QED) is 0.860. The third kappa shape index (κ3) is 2.37. The highest BCUT2D eigenvalue weighted by atomic mass is 79.9. The lowest BCUT2D eigenvalue weighted by atomic mass is 10.1. The summed E-state index contributed by atoms with van der Waals surface area (Å²) in [6.07, 6.45) is -4.49. The van der Waals surface area contributed by atoms with E-state index in [1.165, 1.54) is 7.11 Å². The molecule has 8 heteroatoms. The van der Waals surface area contributed by atoms with E-state index in [0.717, 1.165) is 6.07 Å². The first kappa shape index (κ1) is 15.1. The second-order valence-corrected chi connectivity index (χ2v) is 5.02. The number of nitrogen functional groups attached to an aromatic ring is 1. The van der Waals surface area contributed by atoms with Crippen molar-refractivity contribution in [3.8, 4) is 0 Å². The molecule has 0 bridgehead atoms. The number of nitrogens with zero attached hydrogens (tertiary/aromatic N) is 2. The van der Waals surface area contributed by atoms with Crippen LogP contribution in [0.2, 0.25) is 0 Å². The maximum atomic E-state index is 12.9. The van der Waals surface area contributed by atoms with Gasteiger partial charge in [-0.15, -0.1) is 0 Å². The fourth-order valence-corrected chi connectivity index (χ4v) is 2.67. The van der Waals surface area contributed by atoms with E-state index in [-0.39, 0.29) is 22.3 Å². The van der Waals surface area contributed by atoms with Crippen LogP contribution in [0.5, 0.6) is 0 Å². The largest absolute Gasteiger partial charge is 0.417 e. The van der Waals surface area contributed by atoms with Gasteiger partial charge in [0.25, 0.3) is 0 Å². The number of alkyl halides is 3. The number of rotatable bonds is 3. The summed E-state index contributed by atoms with van der Waals surface area (Å²) in [5.41, 5.74) is 5.76. The highest BCUT2D eigenvalue weighted by molar-refractivity contribution is 9.10. The zero-order valence-corrected chi connectivity index (χ0v) is 12.5. The van der Waals surface area contributed by atoms with Gasteiger partial charge in [-0.2, -0.15) is 13.2 Å². The molecule has 1 aromatic heterocycles. The van der Waals surface area contributed by atoms with E-state index >= 15 is 0 Å². The first-order valence-corrected chi connectivity index (χ1v) is 6.63. The minimum atomic E-state index is -4.49. The molecule has 1 aromatic carbocycles. The maximum absolute atomic E-state index is 12.9. The number of anilines is 1. The first-order valence-electron chi connectivity index (χ1n) is 5.84. The summed E-state index contributed by atoms with van der Waals surface area (Å²) in [5.74, 6) is 0.544. The van der Waals surface area contributed by atoms with Gasteiger partial charge in [-0.05, 0) is 28.9 Å². The molecule has 0 atom stereocenters. The molecule has 0 aliphatic heterocycles. The van der Waals surface area contributed by atoms with Gasteiger partial charge in [-0.3, -0.25) is 0 Å². The fourth-order valence-electron chi connectivity index (χ4n) is 2.14. The molecule has 0 amide bonds. The maximum Gasteiger partial charge on any atom is 0.417 e. The van der Waals surface area contributed by atoms with Crippen LogP contribution in [0.4, 0.5) is 18.9 Å². The van der Waals surface area contributed by atoms with Crippen molar-refractivity contribution in [3.05, 3.63) is 21.9 Å². The Morgan fingerprint density at radius 3 is 2.60 bits per heavy atom. The smallest absolute Gasteiger partial charge is 0.396 e. The molecule has 2 rings (SSSR count). The van der Waals surface area contributed by atoms with Crippen molar-refractivity contribution in [3.63, 3.8) is 0 Å². The molecule has 0 radical (unpaired) electrons. The van der Waals surface area contributed by atoms with Crippen LogP contribution in [0, 0.1) is 0 Å². The Kier molecular flexibility index (Phi) is 3.97. The third-order valence-electron chi connectivity index (χ3n) is 2.98. The molecule has 0 fully saturated rings. The summed E-state index contributed by atoms with van der Waals surface area (Å²) >= 11 is 2.93. The number of halogens is 4. The number of hydrogen-bond acceptors (Lipinski definition) is 3. The van der Waals surface area contributed by atoms with E-state index in [1.807, 2.05) is 6.92 Å². The number of ether oxygens (including phenoxy) is 1. The number of nitrogens with two attached hydrogens (primary N) is 1. The summed E-state index contributed by atoms with van der Waals surface area (Å²) in [6, 6.07) is 1.00. The van der Waals surface area contributed by atoms with E-state index in [0.29, 0.717) is 17.9 Å². The average Bonchev–Trinajstić information content (AvgIpc) is 2.70. The van der Waals surface area contributed by atoms with E-state index < -0.39 is 11.7 Å². The minimum absolute atomic E-state index is 0.0338. The zero-order valence-electron chi connectivity index (χ0n) is 10.9. The Hall–Kier alpha value is -1.28. The van der Waals surface area contributed by atoms with Crippen LogP contribution in [0.3, 0.4) is 0 Å². The molecule has 0 unspecified atom stereocenters. The molecule has 0 aliphatic carbocycles. The van der Waals surface area contributed by atoms with Crippen molar-refractivity contribution in [1.82, 2.24) is 9.55 Å². The minimum Gasteiger partial charge on any atom is -0.396 e. The highest BCUT2D eigenvalue weighted by Crippen LogP contribution is 2.41. The van der Waals surface area contributed by atoms with Crippen molar-refractivity contribution in [2.45, 2.75) is 26.3 Å². The van der Waals surface area contributed by atoms with Gasteiger partial charge in [0.15, 0.2) is 0 Å². The number of aryl methyl sites for hydroxylation is 1. The van der Waals surface area contributed by atoms with Crippen LogP contribution >= 0.6 is 15.9 Å². The topological polar surface area (TPSA) is 53.1 Å². The Morgan fingerprint density at radius 2 is 2.10 bits per heavy atom. The Bertz CT molecular complexity index is 652. The van der Waals surface area contributed by atoms with Gasteiger partial charge >= 0.3 is 6.18 Å². The Labute approximate surface area is 121 Å². The predicted octanol–water partition coefficient (Wildman–Crippen LogP) is 3.57. The lowest BCUT2D eigenvalue weighted by Gasteiger charge is -2.13. The molecule has 0 aliphatic rings. The van der Waals surface area contributed by atoms with Crippen molar-refractivity contribution in [1.29, 1.82) is 0 Å². The monoisotopic (exact) mass is 351 g/mol. The fraction of sp³-hybridized carbons (Fsp3) is 0.417. The molecule has 0 spiro atoms. The van der Waals surface area contributed by atoms with Crippen LogP contribution in [-0.4, -0.2) is 16.7 Å². The van der Waals surface area contributed by atoms with Crippen LogP contribution < -0.4 is 5.73 Å². The summed E-state index contributed by atoms with van der Waals surface area (Å²) in [5, 5.41) is 0. The Balaban J connectivity index is 2.80. The highest BCUT2D eigenvalue weighted by Gasteiger charge is 2.35. The van der Waals surface area contributed by atoms with Crippen LogP contribution in [0.1, 0.15) is 18.3 Å². The van der Waals surface area contributed by atoms with E-state index in [9.17, 15) is 13.2 Å². The Morgan fingerprint density at radius 1 is 1.45 bits per heavy atom. The van der Waals surface area contributed by atoms with Gasteiger partial charge in [0.05, 0.1) is 26.8 Å². The van der Waals surface area contributed by atoms with Gasteiger partial charge in [0.1, 0.15) is 12.4 Å². The van der Waals surface area contributed by atoms with Crippen molar-refractivity contribution < 1.29 is 17.9 Å². The number of hydrogen-bond donors (Lipinski definition) is 1. The SMILES string of the molecule is CCn1c(COC)nc2cc(C(F)(F)F)c(Br)c(N)c21.